The molecule has 4 aromatic rings. The fraction of sp³-hybridized carbons (Fsp3) is 0. The van der Waals surface area contributed by atoms with E-state index >= 15 is 0 Å². The molecule has 0 aliphatic heterocycles. The van der Waals surface area contributed by atoms with Crippen molar-refractivity contribution in [3.8, 4) is 16.9 Å². The molecule has 1 aromatic heterocycles. The second-order valence-electron chi connectivity index (χ2n) is 5.95. The third-order valence-corrected chi connectivity index (χ3v) is 4.74. The number of halogens is 2. The van der Waals surface area contributed by atoms with Crippen LogP contribution in [0.1, 0.15) is 0 Å². The Bertz CT molecular complexity index is 1180. The van der Waals surface area contributed by atoms with Crippen molar-refractivity contribution < 1.29 is 0 Å². The molecule has 1 N–H and O–H groups in total. The van der Waals surface area contributed by atoms with Crippen LogP contribution >= 0.6 is 23.2 Å². The fourth-order valence-electron chi connectivity index (χ4n) is 2.77. The van der Waals surface area contributed by atoms with Gasteiger partial charge in [0.15, 0.2) is 5.69 Å². The van der Waals surface area contributed by atoms with Crippen LogP contribution in [0.2, 0.25) is 10.0 Å². The van der Waals surface area contributed by atoms with Crippen LogP contribution in [0.3, 0.4) is 0 Å². The summed E-state index contributed by atoms with van der Waals surface area (Å²) in [4.78, 5) is 13.1. The van der Waals surface area contributed by atoms with E-state index in [4.69, 9.17) is 23.2 Å². The van der Waals surface area contributed by atoms with Gasteiger partial charge >= 0.3 is 0 Å². The molecule has 5 nitrogen and oxygen atoms in total. The summed E-state index contributed by atoms with van der Waals surface area (Å²) in [5.74, 6) is 0. The van der Waals surface area contributed by atoms with Crippen LogP contribution in [-0.2, 0) is 0 Å². The lowest BCUT2D eigenvalue weighted by Gasteiger charge is -2.01. The summed E-state index contributed by atoms with van der Waals surface area (Å²) in [6, 6.07) is 23.8. The predicted molar refractivity (Wildman–Crippen MR) is 112 cm³/mol. The number of nitrogens with one attached hydrogen (secondary N) is 1. The first-order valence-corrected chi connectivity index (χ1v) is 9.22. The lowest BCUT2D eigenvalue weighted by Crippen LogP contribution is -2.13. The molecule has 1 heterocycles. The molecule has 0 spiro atoms. The summed E-state index contributed by atoms with van der Waals surface area (Å²) in [6.45, 7) is 0. The zero-order valence-electron chi connectivity index (χ0n) is 14.5. The van der Waals surface area contributed by atoms with Crippen LogP contribution in [0, 0.1) is 0 Å². The molecule has 0 atom stereocenters. The summed E-state index contributed by atoms with van der Waals surface area (Å²) in [7, 11) is 0. The standard InChI is InChI=1S/C21H14Cl2N4O/c22-16-12-7-13-17(23)19(16)24-25-20-18(14-8-3-1-4-9-14)26-27(21(20)28)15-10-5-2-6-11-15/h1-13,26H. The van der Waals surface area contributed by atoms with Gasteiger partial charge in [-0.2, -0.15) is 0 Å². The number of azo groups is 1. The van der Waals surface area contributed by atoms with Gasteiger partial charge in [-0.05, 0) is 24.3 Å². The number of benzene rings is 3. The van der Waals surface area contributed by atoms with Crippen LogP contribution in [0.4, 0.5) is 11.4 Å². The maximum atomic E-state index is 13.1. The summed E-state index contributed by atoms with van der Waals surface area (Å²) in [5.41, 5.74) is 2.23. The zero-order chi connectivity index (χ0) is 19.5. The largest absolute Gasteiger partial charge is 0.299 e. The highest BCUT2D eigenvalue weighted by molar-refractivity contribution is 6.38. The van der Waals surface area contributed by atoms with Gasteiger partial charge in [0, 0.05) is 5.56 Å². The summed E-state index contributed by atoms with van der Waals surface area (Å²) in [6.07, 6.45) is 0. The minimum atomic E-state index is -0.322. The summed E-state index contributed by atoms with van der Waals surface area (Å²) < 4.78 is 1.44. The van der Waals surface area contributed by atoms with Gasteiger partial charge in [0.05, 0.1) is 21.4 Å². The summed E-state index contributed by atoms with van der Waals surface area (Å²) in [5, 5.41) is 12.2. The van der Waals surface area contributed by atoms with E-state index in [1.54, 1.807) is 18.2 Å². The number of nitrogens with zero attached hydrogens (tertiary/aromatic N) is 3. The van der Waals surface area contributed by atoms with E-state index in [1.807, 2.05) is 60.7 Å². The van der Waals surface area contributed by atoms with Crippen molar-refractivity contribution >= 4 is 34.6 Å². The van der Waals surface area contributed by atoms with Crippen molar-refractivity contribution in [3.05, 3.63) is 99.3 Å². The highest BCUT2D eigenvalue weighted by Gasteiger charge is 2.17. The van der Waals surface area contributed by atoms with Gasteiger partial charge in [0.1, 0.15) is 5.69 Å². The molecule has 0 unspecified atom stereocenters. The maximum Gasteiger partial charge on any atom is 0.299 e. The molecule has 0 saturated carbocycles. The lowest BCUT2D eigenvalue weighted by molar-refractivity contribution is 0.852. The lowest BCUT2D eigenvalue weighted by atomic mass is 10.1. The minimum absolute atomic E-state index is 0.172. The van der Waals surface area contributed by atoms with E-state index in [0.29, 0.717) is 27.1 Å². The van der Waals surface area contributed by atoms with Crippen LogP contribution in [0.25, 0.3) is 16.9 Å². The molecule has 0 bridgehead atoms. The van der Waals surface area contributed by atoms with E-state index in [0.717, 1.165) is 5.56 Å². The molecule has 7 heteroatoms. The van der Waals surface area contributed by atoms with Crippen LogP contribution in [-0.4, -0.2) is 9.78 Å². The Balaban J connectivity index is 1.89. The maximum absolute atomic E-state index is 13.1. The number of hydrogen-bond acceptors (Lipinski definition) is 3. The van der Waals surface area contributed by atoms with E-state index in [2.05, 4.69) is 15.3 Å². The van der Waals surface area contributed by atoms with Gasteiger partial charge in [-0.1, -0.05) is 77.8 Å². The molecule has 0 fully saturated rings. The highest BCUT2D eigenvalue weighted by Crippen LogP contribution is 2.35. The van der Waals surface area contributed by atoms with E-state index in [9.17, 15) is 4.79 Å². The SMILES string of the molecule is O=c1c(N=Nc2c(Cl)cccc2Cl)c(-c2ccccc2)[nH]n1-c1ccccc1. The number of rotatable bonds is 4. The number of H-pyrrole nitrogens is 1. The van der Waals surface area contributed by atoms with Crippen molar-refractivity contribution in [1.29, 1.82) is 0 Å². The van der Waals surface area contributed by atoms with Crippen LogP contribution < -0.4 is 5.56 Å². The Kier molecular flexibility index (Phi) is 5.10. The topological polar surface area (TPSA) is 62.5 Å². The van der Waals surface area contributed by atoms with Gasteiger partial charge < -0.3 is 0 Å². The molecule has 4 rings (SSSR count). The predicted octanol–water partition coefficient (Wildman–Crippen LogP) is 6.55. The highest BCUT2D eigenvalue weighted by atomic mass is 35.5. The molecule has 0 aliphatic rings. The third kappa shape index (κ3) is 3.50. The number of aromatic amines is 1. The first-order chi connectivity index (χ1) is 13.6. The van der Waals surface area contributed by atoms with Crippen molar-refractivity contribution in [3.63, 3.8) is 0 Å². The third-order valence-electron chi connectivity index (χ3n) is 4.13. The fourth-order valence-corrected chi connectivity index (χ4v) is 3.24. The molecule has 0 saturated heterocycles. The molecule has 138 valence electrons. The Morgan fingerprint density at radius 1 is 0.714 bits per heavy atom. The van der Waals surface area contributed by atoms with E-state index < -0.39 is 0 Å². The summed E-state index contributed by atoms with van der Waals surface area (Å²) >= 11 is 12.3. The zero-order valence-corrected chi connectivity index (χ0v) is 16.0. The average molecular weight is 409 g/mol. The van der Waals surface area contributed by atoms with E-state index in [-0.39, 0.29) is 11.2 Å². The van der Waals surface area contributed by atoms with Gasteiger partial charge in [-0.3, -0.25) is 9.89 Å². The Hall–Kier alpha value is -3.15. The van der Waals surface area contributed by atoms with Gasteiger partial charge in [0.25, 0.3) is 5.56 Å². The molecule has 0 aliphatic carbocycles. The van der Waals surface area contributed by atoms with Crippen molar-refractivity contribution in [1.82, 2.24) is 9.78 Å². The average Bonchev–Trinajstić information content (AvgIpc) is 3.05. The molecule has 3 aromatic carbocycles. The molecular weight excluding hydrogens is 395 g/mol. The van der Waals surface area contributed by atoms with Gasteiger partial charge in [-0.25, -0.2) is 4.68 Å². The second kappa shape index (κ2) is 7.84. The number of hydrogen-bond donors (Lipinski definition) is 1. The normalized spacial score (nSPS) is 11.2. The van der Waals surface area contributed by atoms with E-state index in [1.165, 1.54) is 4.68 Å². The molecule has 28 heavy (non-hydrogen) atoms. The van der Waals surface area contributed by atoms with Crippen LogP contribution in [0.15, 0.2) is 93.9 Å². The smallest absolute Gasteiger partial charge is 0.288 e. The van der Waals surface area contributed by atoms with Gasteiger partial charge in [-0.15, -0.1) is 10.2 Å². The number of para-hydroxylation sites is 1. The van der Waals surface area contributed by atoms with Crippen molar-refractivity contribution in [2.24, 2.45) is 10.2 Å². The van der Waals surface area contributed by atoms with Crippen molar-refractivity contribution in [2.45, 2.75) is 0 Å². The number of aromatic nitrogens is 2. The van der Waals surface area contributed by atoms with Crippen LogP contribution in [0.5, 0.6) is 0 Å². The molecular formula is C21H14Cl2N4O. The molecule has 0 radical (unpaired) electrons. The second-order valence-corrected chi connectivity index (χ2v) is 6.76. The van der Waals surface area contributed by atoms with Gasteiger partial charge in [0.2, 0.25) is 0 Å². The van der Waals surface area contributed by atoms with Crippen molar-refractivity contribution in [2.75, 3.05) is 0 Å². The monoisotopic (exact) mass is 408 g/mol. The Labute approximate surface area is 170 Å². The first-order valence-electron chi connectivity index (χ1n) is 8.47. The quantitative estimate of drug-likeness (QED) is 0.382. The molecule has 0 amide bonds. The first kappa shape index (κ1) is 18.2. The Morgan fingerprint density at radius 3 is 1.93 bits per heavy atom. The Morgan fingerprint density at radius 2 is 1.29 bits per heavy atom. The minimum Gasteiger partial charge on any atom is -0.288 e.